The summed E-state index contributed by atoms with van der Waals surface area (Å²) in [6, 6.07) is 29.1. The Morgan fingerprint density at radius 2 is 1.54 bits per heavy atom. The third-order valence-electron chi connectivity index (χ3n) is 7.56. The number of hydrogen-bond acceptors (Lipinski definition) is 4. The molecular weight excluding hydrogens is 486 g/mol. The van der Waals surface area contributed by atoms with Gasteiger partial charge in [-0.05, 0) is 67.9 Å². The van der Waals surface area contributed by atoms with Gasteiger partial charge in [0.15, 0.2) is 6.61 Å². The molecule has 1 aliphatic rings. The smallest absolute Gasteiger partial charge is 0.344 e. The highest BCUT2D eigenvalue weighted by molar-refractivity contribution is 5.79. The van der Waals surface area contributed by atoms with Crippen molar-refractivity contribution < 1.29 is 19.1 Å². The van der Waals surface area contributed by atoms with Crippen molar-refractivity contribution >= 4 is 11.9 Å². The second-order valence-corrected chi connectivity index (χ2v) is 10.3. The molecule has 0 N–H and O–H groups in total. The fraction of sp³-hybridized carbons (Fsp3) is 0.412. The summed E-state index contributed by atoms with van der Waals surface area (Å²) in [6.07, 6.45) is 6.93. The average molecular weight is 528 g/mol. The van der Waals surface area contributed by atoms with Crippen LogP contribution in [0.2, 0.25) is 0 Å². The standard InChI is InChI=1S/C34H41NO4/c1-2-38-33(36)26-39-31-21-11-13-27(25-31)14-12-23-35(34(37)30-19-9-10-20-30)24-22-32(28-15-5-3-6-16-28)29-17-7-4-8-18-29/h3-8,11,13,15-18,21,25,30,32H,2,9-10,12,14,19-20,22-24,26H2,1H3. The number of carbonyl (C=O) groups is 2. The summed E-state index contributed by atoms with van der Waals surface area (Å²) in [4.78, 5) is 27.3. The van der Waals surface area contributed by atoms with E-state index >= 15 is 0 Å². The molecule has 5 nitrogen and oxygen atoms in total. The lowest BCUT2D eigenvalue weighted by Gasteiger charge is -2.28. The molecular formula is C34H41NO4. The Hall–Kier alpha value is -3.60. The van der Waals surface area contributed by atoms with E-state index in [1.165, 1.54) is 11.1 Å². The number of aryl methyl sites for hydroxylation is 1. The molecule has 206 valence electrons. The molecule has 0 saturated heterocycles. The monoisotopic (exact) mass is 527 g/mol. The number of nitrogens with zero attached hydrogens (tertiary/aromatic N) is 1. The Kier molecular flexibility index (Phi) is 11.0. The van der Waals surface area contributed by atoms with Gasteiger partial charge in [-0.15, -0.1) is 0 Å². The van der Waals surface area contributed by atoms with Gasteiger partial charge in [0.2, 0.25) is 5.91 Å². The van der Waals surface area contributed by atoms with Gasteiger partial charge in [0, 0.05) is 24.9 Å². The molecule has 1 saturated carbocycles. The normalized spacial score (nSPS) is 13.4. The van der Waals surface area contributed by atoms with Crippen molar-refractivity contribution in [3.8, 4) is 5.75 Å². The molecule has 0 aromatic heterocycles. The van der Waals surface area contributed by atoms with Crippen molar-refractivity contribution in [3.63, 3.8) is 0 Å². The summed E-state index contributed by atoms with van der Waals surface area (Å²) in [5.74, 6) is 1.02. The summed E-state index contributed by atoms with van der Waals surface area (Å²) < 4.78 is 10.5. The maximum atomic E-state index is 13.6. The van der Waals surface area contributed by atoms with E-state index in [2.05, 4.69) is 71.6 Å². The molecule has 0 radical (unpaired) electrons. The lowest BCUT2D eigenvalue weighted by Crippen LogP contribution is -2.37. The Morgan fingerprint density at radius 3 is 2.18 bits per heavy atom. The fourth-order valence-electron chi connectivity index (χ4n) is 5.55. The van der Waals surface area contributed by atoms with Gasteiger partial charge in [0.05, 0.1) is 6.61 Å². The first-order chi connectivity index (χ1) is 19.1. The van der Waals surface area contributed by atoms with Crippen LogP contribution in [0, 0.1) is 5.92 Å². The van der Waals surface area contributed by atoms with E-state index in [1.807, 2.05) is 18.2 Å². The number of benzene rings is 3. The maximum Gasteiger partial charge on any atom is 0.344 e. The second kappa shape index (κ2) is 15.1. The first-order valence-corrected chi connectivity index (χ1v) is 14.4. The van der Waals surface area contributed by atoms with E-state index in [9.17, 15) is 9.59 Å². The highest BCUT2D eigenvalue weighted by Crippen LogP contribution is 2.30. The predicted molar refractivity (Wildman–Crippen MR) is 155 cm³/mol. The van der Waals surface area contributed by atoms with Crippen molar-refractivity contribution in [1.82, 2.24) is 4.90 Å². The van der Waals surface area contributed by atoms with Gasteiger partial charge in [-0.3, -0.25) is 4.79 Å². The molecule has 1 aliphatic carbocycles. The number of rotatable bonds is 14. The van der Waals surface area contributed by atoms with Crippen LogP contribution in [0.5, 0.6) is 5.75 Å². The van der Waals surface area contributed by atoms with Crippen LogP contribution in [0.15, 0.2) is 84.9 Å². The van der Waals surface area contributed by atoms with Crippen LogP contribution in [-0.4, -0.2) is 43.1 Å². The van der Waals surface area contributed by atoms with Crippen molar-refractivity contribution in [2.45, 2.75) is 57.8 Å². The predicted octanol–water partition coefficient (Wildman–Crippen LogP) is 6.80. The summed E-state index contributed by atoms with van der Waals surface area (Å²) in [5.41, 5.74) is 3.71. The van der Waals surface area contributed by atoms with Gasteiger partial charge in [-0.1, -0.05) is 85.6 Å². The largest absolute Gasteiger partial charge is 0.482 e. The van der Waals surface area contributed by atoms with E-state index in [-0.39, 0.29) is 24.4 Å². The highest BCUT2D eigenvalue weighted by atomic mass is 16.6. The first kappa shape index (κ1) is 28.4. The summed E-state index contributed by atoms with van der Waals surface area (Å²) in [6.45, 7) is 3.51. The lowest BCUT2D eigenvalue weighted by molar-refractivity contribution is -0.145. The van der Waals surface area contributed by atoms with E-state index in [4.69, 9.17) is 9.47 Å². The third-order valence-corrected chi connectivity index (χ3v) is 7.56. The number of amides is 1. The molecule has 5 heteroatoms. The second-order valence-electron chi connectivity index (χ2n) is 10.3. The summed E-state index contributed by atoms with van der Waals surface area (Å²) in [5, 5.41) is 0. The minimum Gasteiger partial charge on any atom is -0.482 e. The molecule has 0 heterocycles. The SMILES string of the molecule is CCOC(=O)COc1cccc(CCCN(CCC(c2ccccc2)c2ccccc2)C(=O)C2CCCC2)c1. The molecule has 0 atom stereocenters. The van der Waals surface area contributed by atoms with Gasteiger partial charge >= 0.3 is 5.97 Å². The number of hydrogen-bond donors (Lipinski definition) is 0. The van der Waals surface area contributed by atoms with Crippen molar-refractivity contribution in [2.75, 3.05) is 26.3 Å². The minimum atomic E-state index is -0.367. The van der Waals surface area contributed by atoms with Crippen molar-refractivity contribution in [1.29, 1.82) is 0 Å². The zero-order valence-corrected chi connectivity index (χ0v) is 23.1. The van der Waals surface area contributed by atoms with Gasteiger partial charge in [-0.2, -0.15) is 0 Å². The van der Waals surface area contributed by atoms with E-state index in [0.29, 0.717) is 18.3 Å². The van der Waals surface area contributed by atoms with Gasteiger partial charge < -0.3 is 14.4 Å². The number of carbonyl (C=O) groups excluding carboxylic acids is 2. The van der Waals surface area contributed by atoms with Crippen LogP contribution in [0.25, 0.3) is 0 Å². The van der Waals surface area contributed by atoms with Crippen molar-refractivity contribution in [2.24, 2.45) is 5.92 Å². The Morgan fingerprint density at radius 1 is 0.872 bits per heavy atom. The van der Waals surface area contributed by atoms with Crippen LogP contribution < -0.4 is 4.74 Å². The Balaban J connectivity index is 1.40. The van der Waals surface area contributed by atoms with Gasteiger partial charge in [0.25, 0.3) is 0 Å². The molecule has 0 aliphatic heterocycles. The molecule has 1 fully saturated rings. The number of esters is 1. The van der Waals surface area contributed by atoms with E-state index in [0.717, 1.165) is 63.6 Å². The summed E-state index contributed by atoms with van der Waals surface area (Å²) in [7, 11) is 0. The van der Waals surface area contributed by atoms with E-state index in [1.54, 1.807) is 6.92 Å². The van der Waals surface area contributed by atoms with E-state index < -0.39 is 0 Å². The molecule has 1 amide bonds. The highest BCUT2D eigenvalue weighted by Gasteiger charge is 2.28. The Labute approximate surface area is 233 Å². The lowest BCUT2D eigenvalue weighted by atomic mass is 9.88. The zero-order valence-electron chi connectivity index (χ0n) is 23.1. The molecule has 0 spiro atoms. The van der Waals surface area contributed by atoms with Gasteiger partial charge in [0.1, 0.15) is 5.75 Å². The van der Waals surface area contributed by atoms with Crippen LogP contribution in [0.4, 0.5) is 0 Å². The minimum absolute atomic E-state index is 0.0923. The molecule has 3 aromatic rings. The quantitative estimate of drug-likeness (QED) is 0.216. The van der Waals surface area contributed by atoms with Gasteiger partial charge in [-0.25, -0.2) is 4.79 Å². The van der Waals surface area contributed by atoms with Crippen LogP contribution >= 0.6 is 0 Å². The summed E-state index contributed by atoms with van der Waals surface area (Å²) >= 11 is 0. The maximum absolute atomic E-state index is 13.6. The Bertz CT molecular complexity index is 1120. The molecule has 3 aromatic carbocycles. The van der Waals surface area contributed by atoms with Crippen LogP contribution in [0.3, 0.4) is 0 Å². The molecule has 0 unspecified atom stereocenters. The van der Waals surface area contributed by atoms with Crippen LogP contribution in [0.1, 0.15) is 68.1 Å². The third kappa shape index (κ3) is 8.71. The molecule has 39 heavy (non-hydrogen) atoms. The molecule has 4 rings (SSSR count). The zero-order chi connectivity index (χ0) is 27.3. The average Bonchev–Trinajstić information content (AvgIpc) is 3.52. The fourth-order valence-corrected chi connectivity index (χ4v) is 5.55. The number of ether oxygens (including phenoxy) is 2. The van der Waals surface area contributed by atoms with Crippen LogP contribution in [-0.2, 0) is 20.7 Å². The topological polar surface area (TPSA) is 55.8 Å². The van der Waals surface area contributed by atoms with Crippen molar-refractivity contribution in [3.05, 3.63) is 102 Å². The molecule has 0 bridgehead atoms. The first-order valence-electron chi connectivity index (χ1n) is 14.4.